The molecule has 2 N–H and O–H groups in total. The van der Waals surface area contributed by atoms with Gasteiger partial charge in [-0.15, -0.1) is 24.0 Å². The first kappa shape index (κ1) is 22.7. The van der Waals surface area contributed by atoms with Crippen LogP contribution < -0.4 is 10.6 Å². The predicted octanol–water partition coefficient (Wildman–Crippen LogP) is 3.98. The van der Waals surface area contributed by atoms with E-state index < -0.39 is 0 Å². The van der Waals surface area contributed by atoms with Crippen molar-refractivity contribution in [1.82, 2.24) is 15.5 Å². The van der Waals surface area contributed by atoms with Crippen molar-refractivity contribution in [3.63, 3.8) is 0 Å². The van der Waals surface area contributed by atoms with Gasteiger partial charge >= 0.3 is 0 Å². The van der Waals surface area contributed by atoms with Crippen LogP contribution in [0.1, 0.15) is 56.1 Å². The van der Waals surface area contributed by atoms with E-state index in [1.54, 1.807) is 5.57 Å². The number of hydrogen-bond acceptors (Lipinski definition) is 2. The van der Waals surface area contributed by atoms with Crippen molar-refractivity contribution in [3.8, 4) is 0 Å². The van der Waals surface area contributed by atoms with E-state index in [9.17, 15) is 4.79 Å². The minimum atomic E-state index is 0. The summed E-state index contributed by atoms with van der Waals surface area (Å²) in [6.45, 7) is 3.20. The Labute approximate surface area is 186 Å². The highest BCUT2D eigenvalue weighted by molar-refractivity contribution is 14.0. The molecule has 0 aromatic heterocycles. The predicted molar refractivity (Wildman–Crippen MR) is 126 cm³/mol. The van der Waals surface area contributed by atoms with Gasteiger partial charge in [0.15, 0.2) is 5.96 Å². The number of hydrogen-bond donors (Lipinski definition) is 2. The largest absolute Gasteiger partial charge is 0.356 e. The average Bonchev–Trinajstić information content (AvgIpc) is 3.11. The summed E-state index contributed by atoms with van der Waals surface area (Å²) in [5, 5.41) is 6.84. The molecule has 28 heavy (non-hydrogen) atoms. The van der Waals surface area contributed by atoms with Gasteiger partial charge < -0.3 is 15.5 Å². The Morgan fingerprint density at radius 1 is 1.11 bits per heavy atom. The first-order valence-electron chi connectivity index (χ1n) is 10.2. The van der Waals surface area contributed by atoms with Gasteiger partial charge in [-0.2, -0.15) is 0 Å². The van der Waals surface area contributed by atoms with E-state index in [0.29, 0.717) is 19.5 Å². The van der Waals surface area contributed by atoms with Gasteiger partial charge in [-0.05, 0) is 49.7 Å². The normalized spacial score (nSPS) is 17.2. The lowest BCUT2D eigenvalue weighted by molar-refractivity contribution is -0.128. The van der Waals surface area contributed by atoms with Crippen LogP contribution in [0.3, 0.4) is 0 Å². The van der Waals surface area contributed by atoms with Crippen LogP contribution in [0.25, 0.3) is 0 Å². The number of amides is 1. The third-order valence-electron chi connectivity index (χ3n) is 5.44. The molecule has 1 aliphatic heterocycles. The molecule has 1 heterocycles. The zero-order valence-electron chi connectivity index (χ0n) is 16.9. The van der Waals surface area contributed by atoms with Gasteiger partial charge in [0, 0.05) is 39.6 Å². The first-order valence-corrected chi connectivity index (χ1v) is 10.2. The maximum atomic E-state index is 11.9. The quantitative estimate of drug-likeness (QED) is 0.260. The molecule has 0 saturated carbocycles. The molecule has 6 heteroatoms. The van der Waals surface area contributed by atoms with Crippen LogP contribution in [0.4, 0.5) is 0 Å². The number of nitrogens with one attached hydrogen (secondary N) is 2. The van der Waals surface area contributed by atoms with Crippen LogP contribution in [0.15, 0.2) is 40.9 Å². The molecule has 0 unspecified atom stereocenters. The molecule has 1 aromatic rings. The van der Waals surface area contributed by atoms with Crippen molar-refractivity contribution < 1.29 is 4.79 Å². The van der Waals surface area contributed by atoms with Gasteiger partial charge in [0.2, 0.25) is 5.91 Å². The fourth-order valence-electron chi connectivity index (χ4n) is 3.83. The lowest BCUT2D eigenvalue weighted by atomic mass is 9.97. The lowest BCUT2D eigenvalue weighted by Crippen LogP contribution is -2.37. The average molecular weight is 496 g/mol. The molecule has 1 aromatic carbocycles. The van der Waals surface area contributed by atoms with Gasteiger partial charge in [-0.25, -0.2) is 0 Å². The number of guanidine groups is 1. The third-order valence-corrected chi connectivity index (χ3v) is 5.44. The van der Waals surface area contributed by atoms with Crippen molar-refractivity contribution in [1.29, 1.82) is 0 Å². The van der Waals surface area contributed by atoms with Gasteiger partial charge in [-0.3, -0.25) is 9.79 Å². The molecule has 5 nitrogen and oxygen atoms in total. The second-order valence-electron chi connectivity index (χ2n) is 7.40. The summed E-state index contributed by atoms with van der Waals surface area (Å²) in [6.07, 6.45) is 10.3. The lowest BCUT2D eigenvalue weighted by Gasteiger charge is -2.19. The van der Waals surface area contributed by atoms with Crippen LogP contribution in [-0.4, -0.2) is 36.9 Å². The maximum absolute atomic E-state index is 11.9. The zero-order valence-corrected chi connectivity index (χ0v) is 19.2. The van der Waals surface area contributed by atoms with Gasteiger partial charge in [-0.1, -0.05) is 35.9 Å². The van der Waals surface area contributed by atoms with Crippen LogP contribution in [-0.2, 0) is 17.9 Å². The van der Waals surface area contributed by atoms with E-state index in [1.807, 2.05) is 18.0 Å². The molecular formula is C22H33IN4O. The monoisotopic (exact) mass is 496 g/mol. The highest BCUT2D eigenvalue weighted by atomic mass is 127. The molecule has 0 radical (unpaired) electrons. The Morgan fingerprint density at radius 2 is 1.93 bits per heavy atom. The van der Waals surface area contributed by atoms with Gasteiger partial charge in [0.05, 0.1) is 0 Å². The fourth-order valence-corrected chi connectivity index (χ4v) is 3.83. The Bertz CT molecular complexity index is 702. The number of benzene rings is 1. The number of carbonyl (C=O) groups excluding carboxylic acids is 1. The highest BCUT2D eigenvalue weighted by Gasteiger charge is 2.20. The summed E-state index contributed by atoms with van der Waals surface area (Å²) in [5.41, 5.74) is 4.00. The second kappa shape index (κ2) is 12.1. The molecule has 1 aliphatic carbocycles. The van der Waals surface area contributed by atoms with Crippen LogP contribution in [0, 0.1) is 0 Å². The van der Waals surface area contributed by atoms with E-state index in [4.69, 9.17) is 0 Å². The molecule has 2 aliphatic rings. The third kappa shape index (κ3) is 6.79. The minimum Gasteiger partial charge on any atom is -0.356 e. The van der Waals surface area contributed by atoms with Crippen molar-refractivity contribution in [3.05, 3.63) is 47.0 Å². The maximum Gasteiger partial charge on any atom is 0.222 e. The summed E-state index contributed by atoms with van der Waals surface area (Å²) in [5.74, 6) is 1.10. The summed E-state index contributed by atoms with van der Waals surface area (Å²) in [6, 6.07) is 8.35. The topological polar surface area (TPSA) is 56.7 Å². The van der Waals surface area contributed by atoms with E-state index in [2.05, 4.69) is 39.9 Å². The molecular weight excluding hydrogens is 463 g/mol. The molecule has 0 spiro atoms. The summed E-state index contributed by atoms with van der Waals surface area (Å²) >= 11 is 0. The molecule has 0 bridgehead atoms. The Hall–Kier alpha value is -1.57. The van der Waals surface area contributed by atoms with E-state index in [0.717, 1.165) is 31.9 Å². The molecule has 1 fully saturated rings. The molecule has 1 amide bonds. The molecule has 3 rings (SSSR count). The Balaban J connectivity index is 0.00000280. The van der Waals surface area contributed by atoms with Crippen molar-refractivity contribution >= 4 is 35.8 Å². The zero-order chi connectivity index (χ0) is 18.9. The highest BCUT2D eigenvalue weighted by Crippen LogP contribution is 2.19. The standard InChI is InChI=1S/C22H32N4O.HI/c1-23-22(24-14-13-18-8-3-2-4-9-18)25-16-19-10-5-6-11-20(19)17-26-15-7-12-21(26)27;/h5-6,8,10-11H,2-4,7,9,12-17H2,1H3,(H2,23,24,25);1H. The number of nitrogens with zero attached hydrogens (tertiary/aromatic N) is 2. The SMILES string of the molecule is CN=C(NCCC1=CCCCC1)NCc1ccccc1CN1CCCC1=O.I. The molecule has 1 saturated heterocycles. The van der Waals surface area contributed by atoms with E-state index in [1.165, 1.54) is 36.8 Å². The van der Waals surface area contributed by atoms with Crippen molar-refractivity contribution in [2.75, 3.05) is 20.1 Å². The summed E-state index contributed by atoms with van der Waals surface area (Å²) < 4.78 is 0. The number of carbonyl (C=O) groups is 1. The van der Waals surface area contributed by atoms with Crippen LogP contribution >= 0.6 is 24.0 Å². The van der Waals surface area contributed by atoms with E-state index >= 15 is 0 Å². The molecule has 154 valence electrons. The van der Waals surface area contributed by atoms with Gasteiger partial charge in [0.1, 0.15) is 0 Å². The Morgan fingerprint density at radius 3 is 2.61 bits per heavy atom. The number of rotatable bonds is 7. The van der Waals surface area contributed by atoms with Crippen LogP contribution in [0.2, 0.25) is 0 Å². The van der Waals surface area contributed by atoms with Crippen molar-refractivity contribution in [2.24, 2.45) is 4.99 Å². The second-order valence-corrected chi connectivity index (χ2v) is 7.40. The summed E-state index contributed by atoms with van der Waals surface area (Å²) in [7, 11) is 1.81. The smallest absolute Gasteiger partial charge is 0.222 e. The summed E-state index contributed by atoms with van der Waals surface area (Å²) in [4.78, 5) is 18.2. The minimum absolute atomic E-state index is 0. The van der Waals surface area contributed by atoms with Crippen LogP contribution in [0.5, 0.6) is 0 Å². The Kier molecular flexibility index (Phi) is 9.81. The number of likely N-dealkylation sites (tertiary alicyclic amines) is 1. The van der Waals surface area contributed by atoms with E-state index in [-0.39, 0.29) is 29.9 Å². The fraction of sp³-hybridized carbons (Fsp3) is 0.545. The number of aliphatic imine (C=N–C) groups is 1. The number of halogens is 1. The molecule has 0 atom stereocenters. The van der Waals surface area contributed by atoms with Gasteiger partial charge in [0.25, 0.3) is 0 Å². The first-order chi connectivity index (χ1) is 13.3. The number of allylic oxidation sites excluding steroid dienone is 1. The van der Waals surface area contributed by atoms with Crippen molar-refractivity contribution in [2.45, 2.75) is 58.0 Å².